The van der Waals surface area contributed by atoms with Gasteiger partial charge in [0.25, 0.3) is 5.91 Å². The standard InChI is InChI=1S/C11H17N3O2/c1-2-7-8(15)13-10(14-9(7)16)11(12)5-3-4-6-11/h7H,2-6,12H2,1H3,(H,13,14,15,16). The number of nitrogens with zero attached hydrogens (tertiary/aromatic N) is 1. The van der Waals surface area contributed by atoms with Gasteiger partial charge in [-0.25, -0.2) is 0 Å². The smallest absolute Gasteiger partial charge is 0.259 e. The lowest BCUT2D eigenvalue weighted by molar-refractivity contribution is -0.133. The summed E-state index contributed by atoms with van der Waals surface area (Å²) in [6, 6.07) is 0. The van der Waals surface area contributed by atoms with Gasteiger partial charge in [-0.15, -0.1) is 0 Å². The van der Waals surface area contributed by atoms with Gasteiger partial charge < -0.3 is 11.1 Å². The molecule has 1 unspecified atom stereocenters. The number of amidine groups is 1. The Morgan fingerprint density at radius 3 is 2.56 bits per heavy atom. The summed E-state index contributed by atoms with van der Waals surface area (Å²) in [6.45, 7) is 1.80. The Kier molecular flexibility index (Phi) is 2.80. The minimum Gasteiger partial charge on any atom is -0.319 e. The molecule has 0 radical (unpaired) electrons. The van der Waals surface area contributed by atoms with Gasteiger partial charge in [-0.3, -0.25) is 9.59 Å². The summed E-state index contributed by atoms with van der Waals surface area (Å²) in [6.07, 6.45) is 4.11. The molecule has 0 aromatic heterocycles. The zero-order valence-electron chi connectivity index (χ0n) is 9.45. The molecule has 5 nitrogen and oxygen atoms in total. The fraction of sp³-hybridized carbons (Fsp3) is 0.727. The molecule has 5 heteroatoms. The molecule has 2 aliphatic rings. The fourth-order valence-corrected chi connectivity index (χ4v) is 2.37. The maximum atomic E-state index is 11.7. The Bertz CT molecular complexity index is 356. The molecule has 16 heavy (non-hydrogen) atoms. The van der Waals surface area contributed by atoms with Crippen molar-refractivity contribution < 1.29 is 9.59 Å². The predicted octanol–water partition coefficient (Wildman–Crippen LogP) is 0.339. The lowest BCUT2D eigenvalue weighted by Crippen LogP contribution is -2.57. The van der Waals surface area contributed by atoms with Crippen molar-refractivity contribution in [1.29, 1.82) is 0 Å². The normalized spacial score (nSPS) is 28.9. The van der Waals surface area contributed by atoms with Crippen LogP contribution in [0, 0.1) is 5.92 Å². The second-order valence-corrected chi connectivity index (χ2v) is 4.61. The number of aliphatic imine (C=N–C) groups is 1. The second-order valence-electron chi connectivity index (χ2n) is 4.61. The lowest BCUT2D eigenvalue weighted by atomic mass is 9.94. The van der Waals surface area contributed by atoms with Crippen molar-refractivity contribution in [2.24, 2.45) is 16.6 Å². The number of rotatable bonds is 2. The Hall–Kier alpha value is -1.23. The number of hydrogen-bond acceptors (Lipinski definition) is 3. The highest BCUT2D eigenvalue weighted by atomic mass is 16.2. The van der Waals surface area contributed by atoms with Crippen LogP contribution >= 0.6 is 0 Å². The maximum absolute atomic E-state index is 11.7. The van der Waals surface area contributed by atoms with E-state index in [4.69, 9.17) is 5.73 Å². The largest absolute Gasteiger partial charge is 0.319 e. The van der Waals surface area contributed by atoms with E-state index in [1.807, 2.05) is 0 Å². The minimum absolute atomic E-state index is 0.255. The maximum Gasteiger partial charge on any atom is 0.259 e. The van der Waals surface area contributed by atoms with Crippen LogP contribution in [-0.4, -0.2) is 23.2 Å². The molecule has 88 valence electrons. The molecule has 1 aliphatic carbocycles. The van der Waals surface area contributed by atoms with Gasteiger partial charge in [-0.1, -0.05) is 19.8 Å². The summed E-state index contributed by atoms with van der Waals surface area (Å²) in [5.41, 5.74) is 5.55. The molecule has 3 N–H and O–H groups in total. The van der Waals surface area contributed by atoms with Crippen LogP contribution in [0.1, 0.15) is 39.0 Å². The quantitative estimate of drug-likeness (QED) is 0.662. The average Bonchev–Trinajstić information content (AvgIpc) is 2.66. The first kappa shape index (κ1) is 11.3. The van der Waals surface area contributed by atoms with Crippen molar-refractivity contribution in [3.05, 3.63) is 0 Å². The Balaban J connectivity index is 2.24. The van der Waals surface area contributed by atoms with Crippen LogP contribution in [0.3, 0.4) is 0 Å². The molecule has 1 fully saturated rings. The lowest BCUT2D eigenvalue weighted by Gasteiger charge is -2.29. The third-order valence-corrected chi connectivity index (χ3v) is 3.45. The van der Waals surface area contributed by atoms with E-state index in [0.717, 1.165) is 25.7 Å². The van der Waals surface area contributed by atoms with Crippen molar-refractivity contribution in [3.8, 4) is 0 Å². The van der Waals surface area contributed by atoms with E-state index in [2.05, 4.69) is 10.3 Å². The summed E-state index contributed by atoms with van der Waals surface area (Å²) in [5.74, 6) is -0.856. The third-order valence-electron chi connectivity index (χ3n) is 3.45. The van der Waals surface area contributed by atoms with Gasteiger partial charge >= 0.3 is 0 Å². The van der Waals surface area contributed by atoms with Crippen molar-refractivity contribution in [2.45, 2.75) is 44.6 Å². The molecule has 0 aromatic rings. The minimum atomic E-state index is -0.631. The van der Waals surface area contributed by atoms with Crippen molar-refractivity contribution >= 4 is 17.6 Å². The summed E-state index contributed by atoms with van der Waals surface area (Å²) in [4.78, 5) is 27.3. The van der Waals surface area contributed by atoms with Gasteiger partial charge in [0.05, 0.1) is 5.54 Å². The molecule has 1 saturated carbocycles. The van der Waals surface area contributed by atoms with Gasteiger partial charge in [-0.05, 0) is 19.3 Å². The van der Waals surface area contributed by atoms with E-state index >= 15 is 0 Å². The van der Waals surface area contributed by atoms with Crippen molar-refractivity contribution in [1.82, 2.24) is 5.32 Å². The highest BCUT2D eigenvalue weighted by Crippen LogP contribution is 2.29. The number of nitrogens with two attached hydrogens (primary N) is 1. The van der Waals surface area contributed by atoms with Crippen LogP contribution in [0.15, 0.2) is 4.99 Å². The molecule has 0 aromatic carbocycles. The molecule has 0 spiro atoms. The van der Waals surface area contributed by atoms with Crippen LogP contribution < -0.4 is 11.1 Å². The van der Waals surface area contributed by atoms with E-state index in [0.29, 0.717) is 12.3 Å². The number of carbonyl (C=O) groups is 2. The fourth-order valence-electron chi connectivity index (χ4n) is 2.37. The highest BCUT2D eigenvalue weighted by Gasteiger charge is 2.41. The summed E-state index contributed by atoms with van der Waals surface area (Å²) in [7, 11) is 0. The van der Waals surface area contributed by atoms with Gasteiger partial charge in [0, 0.05) is 0 Å². The van der Waals surface area contributed by atoms with Crippen LogP contribution in [0.5, 0.6) is 0 Å². The number of hydrogen-bond donors (Lipinski definition) is 2. The molecule has 0 saturated heterocycles. The number of amides is 2. The van der Waals surface area contributed by atoms with Gasteiger partial charge in [0.15, 0.2) is 0 Å². The Labute approximate surface area is 94.5 Å². The van der Waals surface area contributed by atoms with Crippen LogP contribution in [0.2, 0.25) is 0 Å². The zero-order chi connectivity index (χ0) is 11.8. The first-order chi connectivity index (χ1) is 7.57. The average molecular weight is 223 g/mol. The van der Waals surface area contributed by atoms with E-state index in [-0.39, 0.29) is 11.8 Å². The van der Waals surface area contributed by atoms with Crippen LogP contribution in [-0.2, 0) is 9.59 Å². The molecule has 1 aliphatic heterocycles. The number of nitrogens with one attached hydrogen (secondary N) is 1. The molecule has 1 heterocycles. The third kappa shape index (κ3) is 1.75. The first-order valence-corrected chi connectivity index (χ1v) is 5.79. The summed E-state index contributed by atoms with van der Waals surface area (Å²) < 4.78 is 0. The van der Waals surface area contributed by atoms with E-state index in [1.54, 1.807) is 6.92 Å². The van der Waals surface area contributed by atoms with Crippen molar-refractivity contribution in [2.75, 3.05) is 0 Å². The number of carbonyl (C=O) groups excluding carboxylic acids is 2. The first-order valence-electron chi connectivity index (χ1n) is 5.79. The van der Waals surface area contributed by atoms with Gasteiger partial charge in [0.1, 0.15) is 11.8 Å². The SMILES string of the molecule is CCC1C(=O)N=C(C2(N)CCCC2)NC1=O. The molecule has 0 bridgehead atoms. The van der Waals surface area contributed by atoms with Gasteiger partial charge in [-0.2, -0.15) is 4.99 Å². The summed E-state index contributed by atoms with van der Waals surface area (Å²) in [5, 5.41) is 2.70. The topological polar surface area (TPSA) is 84.6 Å². The molecule has 1 atom stereocenters. The van der Waals surface area contributed by atoms with Gasteiger partial charge in [0.2, 0.25) is 5.91 Å². The Morgan fingerprint density at radius 1 is 1.44 bits per heavy atom. The van der Waals surface area contributed by atoms with Crippen LogP contribution in [0.4, 0.5) is 0 Å². The van der Waals surface area contributed by atoms with E-state index in [9.17, 15) is 9.59 Å². The summed E-state index contributed by atoms with van der Waals surface area (Å²) >= 11 is 0. The molecular weight excluding hydrogens is 206 g/mol. The molecule has 2 amide bonds. The van der Waals surface area contributed by atoms with E-state index in [1.165, 1.54) is 0 Å². The Morgan fingerprint density at radius 2 is 2.06 bits per heavy atom. The van der Waals surface area contributed by atoms with Crippen molar-refractivity contribution in [3.63, 3.8) is 0 Å². The highest BCUT2D eigenvalue weighted by molar-refractivity contribution is 6.18. The predicted molar refractivity (Wildman–Crippen MR) is 59.8 cm³/mol. The second kappa shape index (κ2) is 3.97. The molecule has 2 rings (SSSR count). The van der Waals surface area contributed by atoms with Crippen LogP contribution in [0.25, 0.3) is 0 Å². The monoisotopic (exact) mass is 223 g/mol. The zero-order valence-corrected chi connectivity index (χ0v) is 9.45. The molecular formula is C11H17N3O2. The van der Waals surface area contributed by atoms with E-state index < -0.39 is 11.5 Å².